The SMILES string of the molecule is CC1CCN(C(=O)[C@H](C/C=C/C(=O)O)NS(=O)(=O)c2ccc3ccccc3c2)CC1. The van der Waals surface area contributed by atoms with Crippen molar-refractivity contribution in [3.63, 3.8) is 0 Å². The molecule has 1 amide bonds. The molecule has 0 aromatic heterocycles. The molecule has 1 fully saturated rings. The number of sulfonamides is 1. The minimum Gasteiger partial charge on any atom is -0.478 e. The summed E-state index contributed by atoms with van der Waals surface area (Å²) in [6.07, 6.45) is 3.91. The smallest absolute Gasteiger partial charge is 0.327 e. The fraction of sp³-hybridized carbons (Fsp3) is 0.364. The summed E-state index contributed by atoms with van der Waals surface area (Å²) in [6.45, 7) is 3.25. The van der Waals surface area contributed by atoms with Gasteiger partial charge in [0.05, 0.1) is 4.90 Å². The molecule has 2 N–H and O–H groups in total. The number of rotatable bonds is 7. The molecule has 0 bridgehead atoms. The molecular weight excluding hydrogens is 404 g/mol. The van der Waals surface area contributed by atoms with Crippen LogP contribution in [0.25, 0.3) is 10.8 Å². The van der Waals surface area contributed by atoms with Crippen molar-refractivity contribution in [2.24, 2.45) is 5.92 Å². The number of nitrogens with zero attached hydrogens (tertiary/aromatic N) is 1. The quantitative estimate of drug-likeness (QED) is 0.658. The molecule has 0 saturated carbocycles. The lowest BCUT2D eigenvalue weighted by Crippen LogP contribution is -2.50. The highest BCUT2D eigenvalue weighted by Gasteiger charge is 2.30. The summed E-state index contributed by atoms with van der Waals surface area (Å²) in [5, 5.41) is 10.5. The van der Waals surface area contributed by atoms with Crippen LogP contribution in [0.5, 0.6) is 0 Å². The topological polar surface area (TPSA) is 104 Å². The molecule has 7 nitrogen and oxygen atoms in total. The number of hydrogen-bond donors (Lipinski definition) is 2. The van der Waals surface area contributed by atoms with Gasteiger partial charge in [-0.3, -0.25) is 4.79 Å². The Hall–Kier alpha value is -2.71. The maximum atomic E-state index is 13.0. The molecule has 1 aliphatic heterocycles. The predicted octanol–water partition coefficient (Wildman–Crippen LogP) is 2.78. The number of amides is 1. The Morgan fingerprint density at radius 3 is 2.50 bits per heavy atom. The minimum absolute atomic E-state index is 0.0377. The molecule has 30 heavy (non-hydrogen) atoms. The molecule has 0 radical (unpaired) electrons. The zero-order valence-corrected chi connectivity index (χ0v) is 17.6. The van der Waals surface area contributed by atoms with E-state index in [1.165, 1.54) is 12.1 Å². The van der Waals surface area contributed by atoms with E-state index in [1.807, 2.05) is 24.3 Å². The lowest BCUT2D eigenvalue weighted by Gasteiger charge is -2.33. The van der Waals surface area contributed by atoms with Crippen LogP contribution in [-0.4, -0.2) is 49.4 Å². The van der Waals surface area contributed by atoms with Gasteiger partial charge in [0.1, 0.15) is 6.04 Å². The van der Waals surface area contributed by atoms with Gasteiger partial charge < -0.3 is 10.0 Å². The highest BCUT2D eigenvalue weighted by Crippen LogP contribution is 2.21. The lowest BCUT2D eigenvalue weighted by molar-refractivity contribution is -0.134. The summed E-state index contributed by atoms with van der Waals surface area (Å²) in [4.78, 5) is 25.5. The first-order valence-corrected chi connectivity index (χ1v) is 11.4. The maximum Gasteiger partial charge on any atom is 0.327 e. The van der Waals surface area contributed by atoms with E-state index in [0.717, 1.165) is 29.7 Å². The second-order valence-corrected chi connectivity index (χ2v) is 9.38. The second kappa shape index (κ2) is 9.40. The molecule has 2 aromatic carbocycles. The van der Waals surface area contributed by atoms with Gasteiger partial charge in [-0.15, -0.1) is 0 Å². The van der Waals surface area contributed by atoms with E-state index in [-0.39, 0.29) is 17.2 Å². The number of nitrogens with one attached hydrogen (secondary N) is 1. The first-order valence-electron chi connectivity index (χ1n) is 9.95. The Labute approximate surface area is 176 Å². The van der Waals surface area contributed by atoms with Gasteiger partial charge in [0.25, 0.3) is 0 Å². The summed E-state index contributed by atoms with van der Waals surface area (Å²) >= 11 is 0. The van der Waals surface area contributed by atoms with Gasteiger partial charge in [0, 0.05) is 19.2 Å². The zero-order valence-electron chi connectivity index (χ0n) is 16.8. The van der Waals surface area contributed by atoms with Crippen LogP contribution in [0, 0.1) is 5.92 Å². The minimum atomic E-state index is -3.97. The van der Waals surface area contributed by atoms with Crippen molar-refractivity contribution in [3.8, 4) is 0 Å². The van der Waals surface area contributed by atoms with E-state index >= 15 is 0 Å². The van der Waals surface area contributed by atoms with Gasteiger partial charge in [0.15, 0.2) is 0 Å². The lowest BCUT2D eigenvalue weighted by atomic mass is 9.98. The number of carboxylic acids is 1. The Morgan fingerprint density at radius 2 is 1.83 bits per heavy atom. The van der Waals surface area contributed by atoms with E-state index in [2.05, 4.69) is 11.6 Å². The van der Waals surface area contributed by atoms with Crippen LogP contribution in [0.15, 0.2) is 59.5 Å². The van der Waals surface area contributed by atoms with Crippen molar-refractivity contribution in [1.29, 1.82) is 0 Å². The van der Waals surface area contributed by atoms with Crippen molar-refractivity contribution < 1.29 is 23.1 Å². The fourth-order valence-corrected chi connectivity index (χ4v) is 4.78. The third-order valence-corrected chi connectivity index (χ3v) is 6.82. The largest absolute Gasteiger partial charge is 0.478 e. The monoisotopic (exact) mass is 430 g/mol. The van der Waals surface area contributed by atoms with E-state index in [9.17, 15) is 18.0 Å². The first-order chi connectivity index (χ1) is 14.3. The van der Waals surface area contributed by atoms with Crippen LogP contribution in [0.4, 0.5) is 0 Å². The highest BCUT2D eigenvalue weighted by atomic mass is 32.2. The van der Waals surface area contributed by atoms with Gasteiger partial charge in [-0.2, -0.15) is 4.72 Å². The molecule has 1 aliphatic rings. The normalized spacial score (nSPS) is 16.8. The number of benzene rings is 2. The number of fused-ring (bicyclic) bond motifs is 1. The van der Waals surface area contributed by atoms with Crippen LogP contribution in [0.1, 0.15) is 26.2 Å². The average Bonchev–Trinajstić information content (AvgIpc) is 2.72. The molecule has 1 saturated heterocycles. The highest BCUT2D eigenvalue weighted by molar-refractivity contribution is 7.89. The van der Waals surface area contributed by atoms with Crippen molar-refractivity contribution in [1.82, 2.24) is 9.62 Å². The summed E-state index contributed by atoms with van der Waals surface area (Å²) in [5.41, 5.74) is 0. The molecule has 1 heterocycles. The molecule has 0 unspecified atom stereocenters. The molecule has 0 spiro atoms. The number of aliphatic carboxylic acids is 1. The van der Waals surface area contributed by atoms with Gasteiger partial charge in [-0.05, 0) is 48.1 Å². The Bertz CT molecular complexity index is 1060. The van der Waals surface area contributed by atoms with Gasteiger partial charge in [0.2, 0.25) is 15.9 Å². The zero-order chi connectivity index (χ0) is 21.7. The van der Waals surface area contributed by atoms with Crippen LogP contribution in [0.3, 0.4) is 0 Å². The standard InChI is InChI=1S/C22H26N2O5S/c1-16-11-13-24(14-12-16)22(27)20(7-4-8-21(25)26)23-30(28,29)19-10-9-17-5-2-3-6-18(17)15-19/h2-6,8-10,15-16,20,23H,7,11-14H2,1H3,(H,25,26)/b8-4+/t20-/m0/s1. The first kappa shape index (κ1) is 22.0. The number of piperidine rings is 1. The molecule has 0 aliphatic carbocycles. The fourth-order valence-electron chi connectivity index (χ4n) is 3.54. The predicted molar refractivity (Wildman–Crippen MR) is 114 cm³/mol. The second-order valence-electron chi connectivity index (χ2n) is 7.67. The Kier molecular flexibility index (Phi) is 6.89. The molecule has 3 rings (SSSR count). The van der Waals surface area contributed by atoms with E-state index < -0.39 is 22.0 Å². The molecular formula is C22H26N2O5S. The van der Waals surface area contributed by atoms with Crippen molar-refractivity contribution in [2.75, 3.05) is 13.1 Å². The maximum absolute atomic E-state index is 13.0. The summed E-state index contributed by atoms with van der Waals surface area (Å²) in [6, 6.07) is 11.1. The number of hydrogen-bond acceptors (Lipinski definition) is 4. The van der Waals surface area contributed by atoms with Crippen LogP contribution in [0.2, 0.25) is 0 Å². The van der Waals surface area contributed by atoms with Crippen LogP contribution >= 0.6 is 0 Å². The molecule has 1 atom stereocenters. The number of carbonyl (C=O) groups is 2. The number of carboxylic acid groups (broad SMARTS) is 1. The number of likely N-dealkylation sites (tertiary alicyclic amines) is 1. The Balaban J connectivity index is 1.84. The van der Waals surface area contributed by atoms with Crippen molar-refractivity contribution in [2.45, 2.75) is 37.1 Å². The third-order valence-electron chi connectivity index (χ3n) is 5.35. The number of carbonyl (C=O) groups excluding carboxylic acids is 1. The van der Waals surface area contributed by atoms with Crippen molar-refractivity contribution >= 4 is 32.7 Å². The van der Waals surface area contributed by atoms with Gasteiger partial charge in [-0.1, -0.05) is 43.3 Å². The third kappa shape index (κ3) is 5.46. The Morgan fingerprint density at radius 1 is 1.17 bits per heavy atom. The van der Waals surface area contributed by atoms with E-state index in [0.29, 0.717) is 19.0 Å². The molecule has 8 heteroatoms. The van der Waals surface area contributed by atoms with Crippen LogP contribution < -0.4 is 4.72 Å². The summed E-state index contributed by atoms with van der Waals surface area (Å²) in [5.74, 6) is -0.958. The molecule has 2 aromatic rings. The van der Waals surface area contributed by atoms with E-state index in [1.54, 1.807) is 17.0 Å². The van der Waals surface area contributed by atoms with Gasteiger partial charge in [-0.25, -0.2) is 13.2 Å². The summed E-state index contributed by atoms with van der Waals surface area (Å²) in [7, 11) is -3.97. The van der Waals surface area contributed by atoms with Gasteiger partial charge >= 0.3 is 5.97 Å². The average molecular weight is 431 g/mol. The molecule has 160 valence electrons. The van der Waals surface area contributed by atoms with Crippen LogP contribution in [-0.2, 0) is 19.6 Å². The van der Waals surface area contributed by atoms with E-state index in [4.69, 9.17) is 5.11 Å². The summed E-state index contributed by atoms with van der Waals surface area (Å²) < 4.78 is 28.5. The van der Waals surface area contributed by atoms with Crippen molar-refractivity contribution in [3.05, 3.63) is 54.6 Å².